The van der Waals surface area contributed by atoms with Gasteiger partial charge < -0.3 is 35.6 Å². The number of aliphatic hydroxyl groups excluding tert-OH is 3. The predicted molar refractivity (Wildman–Crippen MR) is 48.9 cm³/mol. The zero-order valence-corrected chi connectivity index (χ0v) is 8.97. The maximum absolute atomic E-state index is 10.6. The summed E-state index contributed by atoms with van der Waals surface area (Å²) in [7, 11) is -4.83. The molecular weight excluding hydrogens is 245 g/mol. The standard InChI is InChI=1S/C6H14NO8P/c7-3-5(10)4(9)2(1-8)14-6(3)15-16(11,12)13/h2-6,8-10H,1,7H2,(H2,11,12,13)/t2?,3-,4+,5?,6-/m0/s1. The highest BCUT2D eigenvalue weighted by molar-refractivity contribution is 7.46. The van der Waals surface area contributed by atoms with Gasteiger partial charge in [-0.25, -0.2) is 4.57 Å². The molecule has 0 aliphatic carbocycles. The van der Waals surface area contributed by atoms with E-state index < -0.39 is 45.1 Å². The van der Waals surface area contributed by atoms with E-state index in [1.165, 1.54) is 0 Å². The Morgan fingerprint density at radius 1 is 1.31 bits per heavy atom. The fourth-order valence-electron chi connectivity index (χ4n) is 1.33. The molecule has 1 saturated heterocycles. The molecule has 0 aromatic rings. The third-order valence-corrected chi connectivity index (χ3v) is 2.65. The summed E-state index contributed by atoms with van der Waals surface area (Å²) in [6, 6.07) is -1.33. The van der Waals surface area contributed by atoms with E-state index in [4.69, 9.17) is 25.4 Å². The molecule has 1 aliphatic rings. The highest BCUT2D eigenvalue weighted by Crippen LogP contribution is 2.40. The normalized spacial score (nSPS) is 41.0. The summed E-state index contributed by atoms with van der Waals surface area (Å²) in [5.74, 6) is 0. The van der Waals surface area contributed by atoms with Crippen LogP contribution >= 0.6 is 7.82 Å². The van der Waals surface area contributed by atoms with Crippen molar-refractivity contribution in [2.75, 3.05) is 6.61 Å². The maximum Gasteiger partial charge on any atom is 0.471 e. The highest BCUT2D eigenvalue weighted by atomic mass is 31.2. The van der Waals surface area contributed by atoms with Gasteiger partial charge in [0.1, 0.15) is 18.3 Å². The number of aliphatic hydroxyl groups is 3. The van der Waals surface area contributed by atoms with E-state index in [1.54, 1.807) is 0 Å². The van der Waals surface area contributed by atoms with Crippen LogP contribution in [0, 0.1) is 0 Å². The average Bonchev–Trinajstić information content (AvgIpc) is 2.17. The molecule has 9 nitrogen and oxygen atoms in total. The molecule has 0 spiro atoms. The van der Waals surface area contributed by atoms with Gasteiger partial charge in [0.25, 0.3) is 0 Å². The van der Waals surface area contributed by atoms with Crippen molar-refractivity contribution < 1.29 is 38.9 Å². The molecule has 0 amide bonds. The number of rotatable bonds is 3. The molecule has 0 saturated carbocycles. The number of hydrogen-bond donors (Lipinski definition) is 6. The van der Waals surface area contributed by atoms with Gasteiger partial charge in [0.05, 0.1) is 12.6 Å². The van der Waals surface area contributed by atoms with Crippen LogP contribution in [-0.2, 0) is 13.8 Å². The van der Waals surface area contributed by atoms with Gasteiger partial charge in [-0.05, 0) is 0 Å². The zero-order chi connectivity index (χ0) is 12.5. The summed E-state index contributed by atoms with van der Waals surface area (Å²) < 4.78 is 19.5. The van der Waals surface area contributed by atoms with Gasteiger partial charge in [-0.15, -0.1) is 0 Å². The van der Waals surface area contributed by atoms with E-state index in [9.17, 15) is 14.8 Å². The molecule has 16 heavy (non-hydrogen) atoms. The van der Waals surface area contributed by atoms with Crippen LogP contribution in [0.25, 0.3) is 0 Å². The maximum atomic E-state index is 10.6. The van der Waals surface area contributed by atoms with Crippen LogP contribution in [0.3, 0.4) is 0 Å². The highest BCUT2D eigenvalue weighted by Gasteiger charge is 2.45. The predicted octanol–water partition coefficient (Wildman–Crippen LogP) is -3.14. The van der Waals surface area contributed by atoms with Crippen molar-refractivity contribution in [3.05, 3.63) is 0 Å². The third kappa shape index (κ3) is 3.20. The lowest BCUT2D eigenvalue weighted by Gasteiger charge is -2.40. The first-order chi connectivity index (χ1) is 7.26. The molecule has 1 rings (SSSR count). The Hall–Kier alpha value is -0.0900. The minimum Gasteiger partial charge on any atom is -0.394 e. The van der Waals surface area contributed by atoms with Crippen molar-refractivity contribution >= 4 is 7.82 Å². The van der Waals surface area contributed by atoms with Crippen LogP contribution in [0.1, 0.15) is 0 Å². The quantitative estimate of drug-likeness (QED) is 0.287. The SMILES string of the molecule is N[C@H]1C(O)[C@H](O)C(CO)O[C@H]1OP(=O)(O)O. The lowest BCUT2D eigenvalue weighted by Crippen LogP contribution is -2.62. The van der Waals surface area contributed by atoms with Gasteiger partial charge in [-0.3, -0.25) is 4.52 Å². The molecule has 0 aromatic heterocycles. The van der Waals surface area contributed by atoms with Crippen LogP contribution in [0.2, 0.25) is 0 Å². The number of hydrogen-bond acceptors (Lipinski definition) is 7. The summed E-state index contributed by atoms with van der Waals surface area (Å²) in [5, 5.41) is 27.6. The van der Waals surface area contributed by atoms with E-state index in [0.717, 1.165) is 0 Å². The topological polar surface area (TPSA) is 163 Å². The van der Waals surface area contributed by atoms with Gasteiger partial charge in [0.2, 0.25) is 0 Å². The second kappa shape index (κ2) is 5.05. The molecule has 96 valence electrons. The van der Waals surface area contributed by atoms with E-state index in [0.29, 0.717) is 0 Å². The lowest BCUT2D eigenvalue weighted by atomic mass is 9.98. The first-order valence-electron chi connectivity index (χ1n) is 4.38. The fraction of sp³-hybridized carbons (Fsp3) is 1.00. The Kier molecular flexibility index (Phi) is 4.41. The van der Waals surface area contributed by atoms with Crippen molar-refractivity contribution in [2.24, 2.45) is 5.73 Å². The number of nitrogens with two attached hydrogens (primary N) is 1. The smallest absolute Gasteiger partial charge is 0.394 e. The van der Waals surface area contributed by atoms with E-state index >= 15 is 0 Å². The van der Waals surface area contributed by atoms with Crippen LogP contribution < -0.4 is 5.73 Å². The second-order valence-corrected chi connectivity index (χ2v) is 4.57. The first-order valence-corrected chi connectivity index (χ1v) is 5.91. The molecule has 5 atom stereocenters. The summed E-state index contributed by atoms with van der Waals surface area (Å²) in [6.45, 7) is -0.647. The number of phosphoric acid groups is 1. The monoisotopic (exact) mass is 259 g/mol. The first kappa shape index (κ1) is 14.0. The zero-order valence-electron chi connectivity index (χ0n) is 8.08. The van der Waals surface area contributed by atoms with Crippen LogP contribution in [-0.4, -0.2) is 62.4 Å². The minimum absolute atomic E-state index is 0.647. The Bertz CT molecular complexity index is 280. The van der Waals surface area contributed by atoms with Gasteiger partial charge in [-0.1, -0.05) is 0 Å². The van der Waals surface area contributed by atoms with Crippen molar-refractivity contribution in [1.82, 2.24) is 0 Å². The van der Waals surface area contributed by atoms with Crippen LogP contribution in [0.4, 0.5) is 0 Å². The molecule has 1 aliphatic heterocycles. The van der Waals surface area contributed by atoms with E-state index in [-0.39, 0.29) is 0 Å². The lowest BCUT2D eigenvalue weighted by molar-refractivity contribution is -0.242. The van der Waals surface area contributed by atoms with Gasteiger partial charge >= 0.3 is 7.82 Å². The second-order valence-electron chi connectivity index (χ2n) is 3.38. The molecular formula is C6H14NO8P. The van der Waals surface area contributed by atoms with Crippen LogP contribution in [0.5, 0.6) is 0 Å². The molecule has 2 unspecified atom stereocenters. The van der Waals surface area contributed by atoms with Crippen molar-refractivity contribution in [1.29, 1.82) is 0 Å². The van der Waals surface area contributed by atoms with E-state index in [2.05, 4.69) is 4.52 Å². The Morgan fingerprint density at radius 3 is 2.31 bits per heavy atom. The van der Waals surface area contributed by atoms with Crippen molar-refractivity contribution in [3.63, 3.8) is 0 Å². The Balaban J connectivity index is 2.75. The fourth-order valence-corrected chi connectivity index (χ4v) is 1.79. The van der Waals surface area contributed by atoms with Gasteiger partial charge in [-0.2, -0.15) is 0 Å². The Labute approximate surface area is 90.6 Å². The average molecular weight is 259 g/mol. The Morgan fingerprint density at radius 2 is 1.88 bits per heavy atom. The molecule has 0 bridgehead atoms. The number of ether oxygens (including phenoxy) is 1. The summed E-state index contributed by atoms with van der Waals surface area (Å²) in [6.07, 6.45) is -5.78. The molecule has 1 fully saturated rings. The van der Waals surface area contributed by atoms with Crippen LogP contribution in [0.15, 0.2) is 0 Å². The summed E-state index contributed by atoms with van der Waals surface area (Å²) in [5.41, 5.74) is 5.35. The molecule has 10 heteroatoms. The van der Waals surface area contributed by atoms with Gasteiger partial charge in [0.15, 0.2) is 6.29 Å². The summed E-state index contributed by atoms with van der Waals surface area (Å²) >= 11 is 0. The largest absolute Gasteiger partial charge is 0.471 e. The summed E-state index contributed by atoms with van der Waals surface area (Å²) in [4.78, 5) is 17.1. The molecule has 0 aromatic carbocycles. The molecule has 0 radical (unpaired) electrons. The number of phosphoric ester groups is 1. The van der Waals surface area contributed by atoms with Gasteiger partial charge in [0, 0.05) is 0 Å². The molecule has 7 N–H and O–H groups in total. The molecule has 1 heterocycles. The van der Waals surface area contributed by atoms with Crippen molar-refractivity contribution in [2.45, 2.75) is 30.6 Å². The van der Waals surface area contributed by atoms with Crippen molar-refractivity contribution in [3.8, 4) is 0 Å². The third-order valence-electron chi connectivity index (χ3n) is 2.17. The minimum atomic E-state index is -4.83. The van der Waals surface area contributed by atoms with E-state index in [1.807, 2.05) is 0 Å².